The van der Waals surface area contributed by atoms with Crippen molar-refractivity contribution in [3.63, 3.8) is 0 Å². The number of benzene rings is 1. The highest BCUT2D eigenvalue weighted by Gasteiger charge is 2.20. The molecule has 0 fully saturated rings. The molecular formula is C18H29NOS. The number of rotatable bonds is 8. The average molecular weight is 308 g/mol. The Kier molecular flexibility index (Phi) is 6.21. The minimum Gasteiger partial charge on any atom is -0.494 e. The first kappa shape index (κ1) is 18.0. The fraction of sp³-hybridized carbons (Fsp3) is 0.611. The van der Waals surface area contributed by atoms with Crippen molar-refractivity contribution in [2.75, 3.05) is 6.61 Å². The first-order valence-corrected chi connectivity index (χ1v) is 8.13. The van der Waals surface area contributed by atoms with E-state index in [1.807, 2.05) is 0 Å². The monoisotopic (exact) mass is 307 g/mol. The highest BCUT2D eigenvalue weighted by molar-refractivity contribution is 7.80. The van der Waals surface area contributed by atoms with Crippen LogP contribution in [0.4, 0.5) is 0 Å². The normalized spacial score (nSPS) is 12.2. The third-order valence-corrected chi connectivity index (χ3v) is 4.95. The van der Waals surface area contributed by atoms with E-state index >= 15 is 0 Å². The summed E-state index contributed by atoms with van der Waals surface area (Å²) in [5.41, 5.74) is 7.21. The fourth-order valence-electron chi connectivity index (χ4n) is 2.03. The smallest absolute Gasteiger partial charge is 0.119 e. The van der Waals surface area contributed by atoms with Crippen LogP contribution in [0.5, 0.6) is 5.75 Å². The van der Waals surface area contributed by atoms with Crippen molar-refractivity contribution in [3.05, 3.63) is 29.8 Å². The van der Waals surface area contributed by atoms with Gasteiger partial charge in [-0.3, -0.25) is 0 Å². The highest BCUT2D eigenvalue weighted by Crippen LogP contribution is 2.28. The highest BCUT2D eigenvalue weighted by atomic mass is 32.1. The lowest BCUT2D eigenvalue weighted by Crippen LogP contribution is -2.30. The van der Waals surface area contributed by atoms with Crippen LogP contribution >= 0.6 is 12.2 Å². The Labute approximate surface area is 135 Å². The van der Waals surface area contributed by atoms with Crippen molar-refractivity contribution >= 4 is 17.2 Å². The summed E-state index contributed by atoms with van der Waals surface area (Å²) in [6.45, 7) is 11.6. The second-order valence-electron chi connectivity index (χ2n) is 6.96. The van der Waals surface area contributed by atoms with Crippen LogP contribution in [0.15, 0.2) is 24.3 Å². The van der Waals surface area contributed by atoms with Gasteiger partial charge in [0.1, 0.15) is 5.75 Å². The predicted molar refractivity (Wildman–Crippen MR) is 95.1 cm³/mol. The number of hydrogen-bond acceptors (Lipinski definition) is 2. The molecule has 0 bridgehead atoms. The van der Waals surface area contributed by atoms with Gasteiger partial charge in [-0.05, 0) is 42.4 Å². The molecule has 0 spiro atoms. The van der Waals surface area contributed by atoms with E-state index in [4.69, 9.17) is 22.7 Å². The molecule has 21 heavy (non-hydrogen) atoms. The zero-order valence-electron chi connectivity index (χ0n) is 14.0. The van der Waals surface area contributed by atoms with Crippen molar-refractivity contribution in [1.29, 1.82) is 0 Å². The van der Waals surface area contributed by atoms with Gasteiger partial charge in [0.2, 0.25) is 0 Å². The molecule has 3 heteroatoms. The Morgan fingerprint density at radius 2 is 1.71 bits per heavy atom. The summed E-state index contributed by atoms with van der Waals surface area (Å²) in [6.07, 6.45) is 3.02. The maximum absolute atomic E-state index is 5.80. The molecule has 0 atom stereocenters. The second kappa shape index (κ2) is 7.26. The zero-order valence-corrected chi connectivity index (χ0v) is 14.8. The van der Waals surface area contributed by atoms with Crippen molar-refractivity contribution in [2.45, 2.75) is 59.3 Å². The van der Waals surface area contributed by atoms with Crippen LogP contribution in [0, 0.1) is 5.41 Å². The summed E-state index contributed by atoms with van der Waals surface area (Å²) >= 11 is 5.07. The first-order chi connectivity index (χ1) is 9.69. The van der Waals surface area contributed by atoms with E-state index in [1.165, 1.54) is 5.56 Å². The molecule has 0 radical (unpaired) electrons. The maximum atomic E-state index is 5.80. The molecule has 2 nitrogen and oxygen atoms in total. The molecule has 1 aromatic rings. The van der Waals surface area contributed by atoms with E-state index in [0.717, 1.165) is 25.0 Å². The van der Waals surface area contributed by atoms with Gasteiger partial charge in [-0.2, -0.15) is 0 Å². The quantitative estimate of drug-likeness (QED) is 0.551. The lowest BCUT2D eigenvalue weighted by Gasteiger charge is -2.24. The van der Waals surface area contributed by atoms with Crippen LogP contribution in [0.2, 0.25) is 0 Å². The van der Waals surface area contributed by atoms with Gasteiger partial charge < -0.3 is 10.5 Å². The molecule has 1 rings (SSSR count). The fourth-order valence-corrected chi connectivity index (χ4v) is 2.14. The Bertz CT molecular complexity index is 463. The van der Waals surface area contributed by atoms with E-state index in [1.54, 1.807) is 0 Å². The van der Waals surface area contributed by atoms with E-state index in [0.29, 0.717) is 11.6 Å². The molecule has 0 heterocycles. The summed E-state index contributed by atoms with van der Waals surface area (Å²) in [4.78, 5) is 0.577. The number of ether oxygens (including phenoxy) is 1. The van der Waals surface area contributed by atoms with Crippen LogP contribution < -0.4 is 10.5 Å². The third-order valence-electron chi connectivity index (χ3n) is 4.40. The van der Waals surface area contributed by atoms with Crippen LogP contribution in [-0.2, 0) is 5.41 Å². The molecular weight excluding hydrogens is 278 g/mol. The Morgan fingerprint density at radius 1 is 1.14 bits per heavy atom. The number of hydrogen-bond donors (Lipinski definition) is 1. The minimum atomic E-state index is -0.0896. The number of thiocarbonyl (C=S) groups is 1. The van der Waals surface area contributed by atoms with Crippen LogP contribution in [0.1, 0.15) is 59.4 Å². The second-order valence-corrected chi connectivity index (χ2v) is 7.40. The predicted octanol–water partition coefficient (Wildman–Crippen LogP) is 4.85. The van der Waals surface area contributed by atoms with Gasteiger partial charge in [-0.1, -0.05) is 59.0 Å². The van der Waals surface area contributed by atoms with Gasteiger partial charge in [0.15, 0.2) is 0 Å². The van der Waals surface area contributed by atoms with Gasteiger partial charge in [-0.25, -0.2) is 0 Å². The molecule has 0 aliphatic rings. The van der Waals surface area contributed by atoms with E-state index in [-0.39, 0.29) is 10.8 Å². The van der Waals surface area contributed by atoms with E-state index < -0.39 is 0 Å². The van der Waals surface area contributed by atoms with Crippen molar-refractivity contribution in [2.24, 2.45) is 11.1 Å². The van der Waals surface area contributed by atoms with Crippen LogP contribution in [0.25, 0.3) is 0 Å². The molecule has 1 aromatic carbocycles. The summed E-state index contributed by atoms with van der Waals surface area (Å²) in [5.74, 6) is 0.929. The van der Waals surface area contributed by atoms with Gasteiger partial charge in [0, 0.05) is 5.41 Å². The molecule has 118 valence electrons. The van der Waals surface area contributed by atoms with Gasteiger partial charge in [0.25, 0.3) is 0 Å². The van der Waals surface area contributed by atoms with Gasteiger partial charge >= 0.3 is 0 Å². The van der Waals surface area contributed by atoms with Crippen molar-refractivity contribution < 1.29 is 4.74 Å². The SMILES string of the molecule is CCC(C)(C)c1ccc(OCCCC(C)(C)C(N)=S)cc1. The summed E-state index contributed by atoms with van der Waals surface area (Å²) in [7, 11) is 0. The number of nitrogens with two attached hydrogens (primary N) is 1. The summed E-state index contributed by atoms with van der Waals surface area (Å²) in [5, 5.41) is 0. The topological polar surface area (TPSA) is 35.2 Å². The van der Waals surface area contributed by atoms with Crippen LogP contribution in [-0.4, -0.2) is 11.6 Å². The summed E-state index contributed by atoms with van der Waals surface area (Å²) in [6, 6.07) is 8.45. The third kappa shape index (κ3) is 5.31. The molecule has 0 saturated carbocycles. The minimum absolute atomic E-state index is 0.0896. The summed E-state index contributed by atoms with van der Waals surface area (Å²) < 4.78 is 5.80. The van der Waals surface area contributed by atoms with E-state index in [2.05, 4.69) is 58.9 Å². The Morgan fingerprint density at radius 3 is 2.19 bits per heavy atom. The molecule has 0 aliphatic carbocycles. The van der Waals surface area contributed by atoms with Crippen molar-refractivity contribution in [1.82, 2.24) is 0 Å². The largest absolute Gasteiger partial charge is 0.494 e. The standard InChI is InChI=1S/C18H29NOS/c1-6-17(2,3)14-8-10-15(11-9-14)20-13-7-12-18(4,5)16(19)21/h8-11H,6-7,12-13H2,1-5H3,(H2,19,21). The van der Waals surface area contributed by atoms with Gasteiger partial charge in [0.05, 0.1) is 11.6 Å². The molecule has 0 saturated heterocycles. The lowest BCUT2D eigenvalue weighted by molar-refractivity contribution is 0.287. The zero-order chi connectivity index (χ0) is 16.1. The Balaban J connectivity index is 2.46. The molecule has 0 amide bonds. The van der Waals surface area contributed by atoms with E-state index in [9.17, 15) is 0 Å². The average Bonchev–Trinajstić information content (AvgIpc) is 2.44. The molecule has 0 aliphatic heterocycles. The van der Waals surface area contributed by atoms with Gasteiger partial charge in [-0.15, -0.1) is 0 Å². The molecule has 2 N–H and O–H groups in total. The molecule has 0 unspecified atom stereocenters. The first-order valence-electron chi connectivity index (χ1n) is 7.72. The lowest BCUT2D eigenvalue weighted by atomic mass is 9.82. The Hall–Kier alpha value is -1.09. The van der Waals surface area contributed by atoms with Crippen LogP contribution in [0.3, 0.4) is 0 Å². The van der Waals surface area contributed by atoms with Crippen molar-refractivity contribution in [3.8, 4) is 5.75 Å². The maximum Gasteiger partial charge on any atom is 0.119 e. The molecule has 0 aromatic heterocycles.